The number of thiophene rings is 1. The zero-order valence-electron chi connectivity index (χ0n) is 11.3. The number of hydrogen-bond acceptors (Lipinski definition) is 5. The molecule has 1 aromatic rings. The van der Waals surface area contributed by atoms with E-state index in [0.717, 1.165) is 24.2 Å². The summed E-state index contributed by atoms with van der Waals surface area (Å²) in [5.74, 6) is 0.0114. The first-order valence-corrected chi connectivity index (χ1v) is 8.90. The first kappa shape index (κ1) is 15.3. The fourth-order valence-corrected chi connectivity index (χ4v) is 4.26. The third-order valence-electron chi connectivity index (χ3n) is 3.13. The van der Waals surface area contributed by atoms with Crippen LogP contribution >= 0.6 is 11.3 Å². The summed E-state index contributed by atoms with van der Waals surface area (Å²) >= 11 is 1.15. The number of nitrogens with zero attached hydrogens (tertiary/aromatic N) is 2. The number of hydrogen-bond donors (Lipinski definition) is 2. The van der Waals surface area contributed by atoms with Gasteiger partial charge in [0, 0.05) is 13.1 Å². The van der Waals surface area contributed by atoms with E-state index in [9.17, 15) is 13.5 Å². The first-order valence-electron chi connectivity index (χ1n) is 6.37. The van der Waals surface area contributed by atoms with E-state index >= 15 is 0 Å². The minimum atomic E-state index is -3.44. The lowest BCUT2D eigenvalue weighted by atomic mass is 10.4. The van der Waals surface area contributed by atoms with Crippen molar-refractivity contribution < 1.29 is 13.5 Å². The number of rotatable bonds is 6. The highest BCUT2D eigenvalue weighted by Crippen LogP contribution is 2.24. The zero-order valence-corrected chi connectivity index (χ0v) is 12.9. The molecule has 2 rings (SSSR count). The summed E-state index contributed by atoms with van der Waals surface area (Å²) in [6.45, 7) is -0.00645. The van der Waals surface area contributed by atoms with Crippen LogP contribution in [0.25, 0.3) is 0 Å². The molecule has 0 spiro atoms. The average Bonchev–Trinajstić information content (AvgIpc) is 3.08. The van der Waals surface area contributed by atoms with Crippen LogP contribution in [-0.2, 0) is 9.84 Å². The molecule has 1 aliphatic carbocycles. The van der Waals surface area contributed by atoms with Gasteiger partial charge in [0.15, 0.2) is 15.8 Å². The van der Waals surface area contributed by atoms with Gasteiger partial charge in [-0.3, -0.25) is 4.99 Å². The quantitative estimate of drug-likeness (QED) is 0.581. The number of aliphatic imine (C=N–C) groups is 1. The molecule has 3 N–H and O–H groups in total. The molecule has 112 valence electrons. The number of nitrogens with two attached hydrogens (primary N) is 1. The van der Waals surface area contributed by atoms with Crippen molar-refractivity contribution in [1.29, 1.82) is 0 Å². The molecule has 0 amide bonds. The number of aliphatic hydroxyl groups is 1. The van der Waals surface area contributed by atoms with Gasteiger partial charge in [0.05, 0.1) is 18.4 Å². The van der Waals surface area contributed by atoms with Gasteiger partial charge in [0.1, 0.15) is 4.21 Å². The topological polar surface area (TPSA) is 96.0 Å². The summed E-state index contributed by atoms with van der Waals surface area (Å²) in [5.41, 5.74) is 5.78. The Hall–Kier alpha value is -1.12. The van der Waals surface area contributed by atoms with Gasteiger partial charge in [0.2, 0.25) is 0 Å². The fraction of sp³-hybridized carbons (Fsp3) is 0.583. The summed E-state index contributed by atoms with van der Waals surface area (Å²) in [6, 6.07) is 3.64. The molecule has 0 radical (unpaired) electrons. The molecule has 0 saturated heterocycles. The van der Waals surface area contributed by atoms with E-state index < -0.39 is 15.9 Å². The van der Waals surface area contributed by atoms with Gasteiger partial charge in [-0.1, -0.05) is 6.07 Å². The van der Waals surface area contributed by atoms with Crippen molar-refractivity contribution in [2.45, 2.75) is 29.2 Å². The molecular formula is C12H19N3O3S2. The lowest BCUT2D eigenvalue weighted by Gasteiger charge is -2.17. The molecule has 1 unspecified atom stereocenters. The van der Waals surface area contributed by atoms with Crippen molar-refractivity contribution in [1.82, 2.24) is 4.90 Å². The Labute approximate surface area is 122 Å². The van der Waals surface area contributed by atoms with E-state index in [1.807, 2.05) is 11.9 Å². The van der Waals surface area contributed by atoms with E-state index in [2.05, 4.69) is 4.99 Å². The number of aliphatic hydroxyl groups excluding tert-OH is 1. The van der Waals surface area contributed by atoms with Gasteiger partial charge in [-0.2, -0.15) is 0 Å². The second-order valence-corrected chi connectivity index (χ2v) is 8.12. The van der Waals surface area contributed by atoms with E-state index in [1.165, 1.54) is 6.07 Å². The highest BCUT2D eigenvalue weighted by Gasteiger charge is 2.27. The van der Waals surface area contributed by atoms with Crippen LogP contribution in [0.15, 0.2) is 26.7 Å². The second-order valence-electron chi connectivity index (χ2n) is 4.91. The molecule has 1 heterocycles. The molecule has 1 aromatic heterocycles. The predicted octanol–water partition coefficient (Wildman–Crippen LogP) is 0.292. The summed E-state index contributed by atoms with van der Waals surface area (Å²) < 4.78 is 24.2. The molecular weight excluding hydrogens is 298 g/mol. The molecule has 1 saturated carbocycles. The van der Waals surface area contributed by atoms with Gasteiger partial charge < -0.3 is 15.7 Å². The summed E-state index contributed by atoms with van der Waals surface area (Å²) in [4.78, 5) is 5.92. The van der Waals surface area contributed by atoms with Crippen LogP contribution in [0.4, 0.5) is 0 Å². The Morgan fingerprint density at radius 1 is 1.65 bits per heavy atom. The van der Waals surface area contributed by atoms with Crippen molar-refractivity contribution in [2.24, 2.45) is 10.7 Å². The molecule has 1 aliphatic rings. The van der Waals surface area contributed by atoms with Crippen LogP contribution in [0.1, 0.15) is 12.8 Å². The largest absolute Gasteiger partial charge is 0.390 e. The fourth-order valence-electron chi connectivity index (χ4n) is 1.79. The van der Waals surface area contributed by atoms with Gasteiger partial charge >= 0.3 is 0 Å². The second kappa shape index (κ2) is 6.11. The lowest BCUT2D eigenvalue weighted by molar-refractivity contribution is 0.205. The standard InChI is InChI=1S/C12H19N3O3S2/c1-15(9-4-5-9)12(13)14-7-10(16)8-20(17,18)11-3-2-6-19-11/h2-3,6,9-10,16H,4-5,7-8H2,1H3,(H2,13,14). The highest BCUT2D eigenvalue weighted by atomic mass is 32.2. The van der Waals surface area contributed by atoms with Crippen molar-refractivity contribution in [3.8, 4) is 0 Å². The molecule has 6 nitrogen and oxygen atoms in total. The molecule has 1 atom stereocenters. The Bertz CT molecular complexity index is 565. The van der Waals surface area contributed by atoms with Crippen molar-refractivity contribution in [3.63, 3.8) is 0 Å². The molecule has 1 fully saturated rings. The first-order chi connectivity index (χ1) is 9.40. The summed E-state index contributed by atoms with van der Waals surface area (Å²) in [7, 11) is -1.59. The van der Waals surface area contributed by atoms with Gasteiger partial charge in [-0.15, -0.1) is 11.3 Å². The summed E-state index contributed by atoms with van der Waals surface area (Å²) in [5, 5.41) is 11.5. The van der Waals surface area contributed by atoms with Crippen molar-refractivity contribution >= 4 is 27.1 Å². The Kier molecular flexibility index (Phi) is 4.66. The van der Waals surface area contributed by atoms with E-state index in [-0.39, 0.29) is 16.5 Å². The average molecular weight is 317 g/mol. The molecule has 8 heteroatoms. The predicted molar refractivity (Wildman–Crippen MR) is 79.7 cm³/mol. The van der Waals surface area contributed by atoms with Gasteiger partial charge in [-0.05, 0) is 24.3 Å². The lowest BCUT2D eigenvalue weighted by Crippen LogP contribution is -2.36. The highest BCUT2D eigenvalue weighted by molar-refractivity contribution is 7.93. The van der Waals surface area contributed by atoms with Crippen molar-refractivity contribution in [3.05, 3.63) is 17.5 Å². The Morgan fingerprint density at radius 2 is 2.35 bits per heavy atom. The van der Waals surface area contributed by atoms with Crippen molar-refractivity contribution in [2.75, 3.05) is 19.3 Å². The van der Waals surface area contributed by atoms with E-state index in [4.69, 9.17) is 5.73 Å². The van der Waals surface area contributed by atoms with Crippen LogP contribution in [0, 0.1) is 0 Å². The minimum absolute atomic E-state index is 0.00645. The van der Waals surface area contributed by atoms with E-state index in [1.54, 1.807) is 11.4 Å². The SMILES string of the molecule is CN(C(N)=NCC(O)CS(=O)(=O)c1cccs1)C1CC1. The molecule has 0 aromatic carbocycles. The van der Waals surface area contributed by atoms with E-state index in [0.29, 0.717) is 12.0 Å². The maximum absolute atomic E-state index is 12.0. The Morgan fingerprint density at radius 3 is 2.90 bits per heavy atom. The molecule has 0 bridgehead atoms. The smallest absolute Gasteiger partial charge is 0.191 e. The van der Waals surface area contributed by atoms with Crippen LogP contribution in [0.5, 0.6) is 0 Å². The van der Waals surface area contributed by atoms with Crippen LogP contribution in [0.3, 0.4) is 0 Å². The minimum Gasteiger partial charge on any atom is -0.390 e. The third kappa shape index (κ3) is 3.94. The van der Waals surface area contributed by atoms with Crippen LogP contribution in [0.2, 0.25) is 0 Å². The van der Waals surface area contributed by atoms with Gasteiger partial charge in [-0.25, -0.2) is 8.42 Å². The monoisotopic (exact) mass is 317 g/mol. The maximum atomic E-state index is 12.0. The number of sulfone groups is 1. The molecule has 20 heavy (non-hydrogen) atoms. The van der Waals surface area contributed by atoms with Gasteiger partial charge in [0.25, 0.3) is 0 Å². The molecule has 0 aliphatic heterocycles. The maximum Gasteiger partial charge on any atom is 0.191 e. The van der Waals surface area contributed by atoms with Crippen LogP contribution in [-0.4, -0.2) is 55.9 Å². The Balaban J connectivity index is 1.89. The zero-order chi connectivity index (χ0) is 14.8. The third-order valence-corrected chi connectivity index (χ3v) is 6.42. The summed E-state index contributed by atoms with van der Waals surface area (Å²) in [6.07, 6.45) is 1.15. The number of guanidine groups is 1. The normalized spacial score (nSPS) is 18.0. The van der Waals surface area contributed by atoms with Crippen LogP contribution < -0.4 is 5.73 Å².